The Morgan fingerprint density at radius 1 is 0.824 bits per heavy atom. The first kappa shape index (κ1) is 21.8. The summed E-state index contributed by atoms with van der Waals surface area (Å²) < 4.78 is 11.3. The fourth-order valence-electron chi connectivity index (χ4n) is 4.36. The number of ether oxygens (including phenoxy) is 1. The molecule has 0 radical (unpaired) electrons. The van der Waals surface area contributed by atoms with Crippen LogP contribution in [0.5, 0.6) is 5.75 Å². The zero-order valence-corrected chi connectivity index (χ0v) is 19.0. The molecule has 0 N–H and O–H groups in total. The van der Waals surface area contributed by atoms with Crippen LogP contribution in [0.2, 0.25) is 0 Å². The predicted molar refractivity (Wildman–Crippen MR) is 133 cm³/mol. The van der Waals surface area contributed by atoms with E-state index in [2.05, 4.69) is 87.4 Å². The van der Waals surface area contributed by atoms with E-state index in [-0.39, 0.29) is 6.04 Å². The molecule has 1 fully saturated rings. The molecule has 5 nitrogen and oxygen atoms in total. The minimum absolute atomic E-state index is 0.257. The van der Waals surface area contributed by atoms with Crippen LogP contribution in [-0.2, 0) is 0 Å². The second kappa shape index (κ2) is 10.7. The molecule has 170 valence electrons. The fourth-order valence-corrected chi connectivity index (χ4v) is 4.36. The van der Waals surface area contributed by atoms with Gasteiger partial charge in [0.05, 0.1) is 17.8 Å². The molecule has 0 spiro atoms. The van der Waals surface area contributed by atoms with Crippen LogP contribution in [0.25, 0.3) is 11.5 Å². The van der Waals surface area contributed by atoms with E-state index in [0.717, 1.165) is 37.5 Å². The zero-order chi connectivity index (χ0) is 23.0. The Balaban J connectivity index is 1.20. The lowest BCUT2D eigenvalue weighted by molar-refractivity contribution is 0.144. The average Bonchev–Trinajstić information content (AvgIpc) is 3.44. The maximum atomic E-state index is 5.92. The molecule has 1 aliphatic rings. The number of nitrogens with zero attached hydrogens (tertiary/aromatic N) is 3. The van der Waals surface area contributed by atoms with E-state index in [1.165, 1.54) is 11.1 Å². The van der Waals surface area contributed by atoms with Crippen LogP contribution in [0.15, 0.2) is 102 Å². The van der Waals surface area contributed by atoms with Gasteiger partial charge in [0, 0.05) is 32.2 Å². The zero-order valence-electron chi connectivity index (χ0n) is 19.0. The molecule has 2 heterocycles. The molecule has 1 saturated heterocycles. The van der Waals surface area contributed by atoms with E-state index in [1.54, 1.807) is 12.5 Å². The fraction of sp³-hybridized carbons (Fsp3) is 0.207. The van der Waals surface area contributed by atoms with Gasteiger partial charge in [-0.1, -0.05) is 72.8 Å². The summed E-state index contributed by atoms with van der Waals surface area (Å²) in [6, 6.07) is 32.8. The second-order valence-corrected chi connectivity index (χ2v) is 8.16. The van der Waals surface area contributed by atoms with E-state index in [4.69, 9.17) is 9.15 Å². The highest BCUT2D eigenvalue weighted by molar-refractivity contribution is 5.62. The van der Waals surface area contributed by atoms with Crippen molar-refractivity contribution in [3.05, 3.63) is 109 Å². The van der Waals surface area contributed by atoms with Gasteiger partial charge in [-0.05, 0) is 29.2 Å². The smallest absolute Gasteiger partial charge is 0.229 e. The third-order valence-corrected chi connectivity index (χ3v) is 6.00. The molecule has 0 atom stereocenters. The molecule has 0 saturated carbocycles. The summed E-state index contributed by atoms with van der Waals surface area (Å²) in [4.78, 5) is 8.95. The van der Waals surface area contributed by atoms with Crippen molar-refractivity contribution < 1.29 is 9.15 Å². The number of hydrogen-bond donors (Lipinski definition) is 0. The quantitative estimate of drug-likeness (QED) is 0.384. The molecule has 1 aromatic heterocycles. The van der Waals surface area contributed by atoms with Gasteiger partial charge < -0.3 is 14.1 Å². The molecule has 3 aromatic carbocycles. The number of hydrogen-bond acceptors (Lipinski definition) is 5. The number of oxazole rings is 1. The summed E-state index contributed by atoms with van der Waals surface area (Å²) in [5, 5.41) is 0. The first-order valence-corrected chi connectivity index (χ1v) is 11.6. The lowest BCUT2D eigenvalue weighted by Gasteiger charge is -2.38. The molecule has 0 amide bonds. The maximum absolute atomic E-state index is 5.92. The summed E-state index contributed by atoms with van der Waals surface area (Å²) in [6.45, 7) is 4.02. The number of benzene rings is 3. The molecule has 0 unspecified atom stereocenters. The highest BCUT2D eigenvalue weighted by atomic mass is 16.5. The molecule has 1 aliphatic heterocycles. The van der Waals surface area contributed by atoms with Crippen LogP contribution in [0.4, 0.5) is 0 Å². The molecule has 4 aromatic rings. The van der Waals surface area contributed by atoms with Crippen molar-refractivity contribution in [2.24, 2.45) is 0 Å². The Morgan fingerprint density at radius 3 is 2.12 bits per heavy atom. The van der Waals surface area contributed by atoms with E-state index >= 15 is 0 Å². The van der Waals surface area contributed by atoms with Crippen molar-refractivity contribution in [3.8, 4) is 29.2 Å². The molecular formula is C29H27N3O2. The molecule has 5 rings (SSSR count). The number of para-hydroxylation sites is 1. The topological polar surface area (TPSA) is 41.7 Å². The van der Waals surface area contributed by atoms with Gasteiger partial charge >= 0.3 is 0 Å². The molecule has 5 heteroatoms. The van der Waals surface area contributed by atoms with Crippen LogP contribution in [0.1, 0.15) is 17.2 Å². The average molecular weight is 450 g/mol. The first-order chi connectivity index (χ1) is 16.9. The first-order valence-electron chi connectivity index (χ1n) is 11.6. The Bertz CT molecular complexity index is 1180. The highest BCUT2D eigenvalue weighted by Crippen LogP contribution is 2.30. The van der Waals surface area contributed by atoms with E-state index in [1.807, 2.05) is 24.3 Å². The van der Waals surface area contributed by atoms with Crippen molar-refractivity contribution in [1.82, 2.24) is 14.8 Å². The minimum Gasteiger partial charge on any atom is -0.480 e. The third kappa shape index (κ3) is 5.14. The Labute approximate surface area is 200 Å². The molecule has 0 bridgehead atoms. The summed E-state index contributed by atoms with van der Waals surface area (Å²) >= 11 is 0. The van der Waals surface area contributed by atoms with Crippen LogP contribution in [0, 0.1) is 12.0 Å². The summed E-state index contributed by atoms with van der Waals surface area (Å²) in [7, 11) is 0. The van der Waals surface area contributed by atoms with Crippen LogP contribution >= 0.6 is 0 Å². The van der Waals surface area contributed by atoms with Gasteiger partial charge in [0.15, 0.2) is 6.61 Å². The van der Waals surface area contributed by atoms with Gasteiger partial charge in [-0.3, -0.25) is 4.90 Å². The van der Waals surface area contributed by atoms with Gasteiger partial charge in [-0.25, -0.2) is 4.98 Å². The Morgan fingerprint density at radius 2 is 1.47 bits per heavy atom. The Hall–Kier alpha value is -4.01. The van der Waals surface area contributed by atoms with Crippen LogP contribution < -0.4 is 4.74 Å². The van der Waals surface area contributed by atoms with E-state index < -0.39 is 0 Å². The lowest BCUT2D eigenvalue weighted by atomic mass is 9.96. The van der Waals surface area contributed by atoms with Crippen molar-refractivity contribution in [1.29, 1.82) is 0 Å². The summed E-state index contributed by atoms with van der Waals surface area (Å²) in [6.07, 6.45) is 3.19. The normalized spacial score (nSPS) is 14.0. The number of rotatable bonds is 6. The van der Waals surface area contributed by atoms with Crippen molar-refractivity contribution in [3.63, 3.8) is 0 Å². The van der Waals surface area contributed by atoms with E-state index in [9.17, 15) is 0 Å². The van der Waals surface area contributed by atoms with Crippen LogP contribution in [0.3, 0.4) is 0 Å². The van der Waals surface area contributed by atoms with Crippen molar-refractivity contribution in [2.75, 3.05) is 32.8 Å². The highest BCUT2D eigenvalue weighted by Gasteiger charge is 2.25. The van der Waals surface area contributed by atoms with Gasteiger partial charge in [-0.15, -0.1) is 0 Å². The number of piperazine rings is 1. The van der Waals surface area contributed by atoms with Gasteiger partial charge in [0.2, 0.25) is 5.89 Å². The van der Waals surface area contributed by atoms with E-state index in [0.29, 0.717) is 12.5 Å². The second-order valence-electron chi connectivity index (χ2n) is 8.16. The largest absolute Gasteiger partial charge is 0.480 e. The maximum Gasteiger partial charge on any atom is 0.229 e. The molecule has 0 aliphatic carbocycles. The monoisotopic (exact) mass is 449 g/mol. The lowest BCUT2D eigenvalue weighted by Crippen LogP contribution is -2.46. The summed E-state index contributed by atoms with van der Waals surface area (Å²) in [5.74, 6) is 4.44. The SMILES string of the molecule is C(#CN1CCN(C(c2ccccc2)c2ccccc2)CC1)COc1ccccc1-c1ncco1. The van der Waals surface area contributed by atoms with Crippen molar-refractivity contribution >= 4 is 0 Å². The minimum atomic E-state index is 0.257. The van der Waals surface area contributed by atoms with Gasteiger partial charge in [0.25, 0.3) is 0 Å². The van der Waals surface area contributed by atoms with Crippen molar-refractivity contribution in [2.45, 2.75) is 6.04 Å². The predicted octanol–water partition coefficient (Wildman–Crippen LogP) is 5.09. The third-order valence-electron chi connectivity index (χ3n) is 6.00. The Kier molecular flexibility index (Phi) is 6.89. The number of aromatic nitrogens is 1. The standard InChI is InChI=1S/C29H27N3O2/c1-3-10-24(11-4-1)28(25-12-5-2-6-13-25)32-20-18-31(19-21-32)17-9-22-33-27-15-8-7-14-26(27)29-30-16-23-34-29/h1-8,10-16,23,28H,18-22H2. The van der Waals surface area contributed by atoms with Crippen LogP contribution in [-0.4, -0.2) is 47.6 Å². The van der Waals surface area contributed by atoms with Gasteiger partial charge in [0.1, 0.15) is 12.0 Å². The molecular weight excluding hydrogens is 422 g/mol. The van der Waals surface area contributed by atoms with Gasteiger partial charge in [-0.2, -0.15) is 0 Å². The summed E-state index contributed by atoms with van der Waals surface area (Å²) in [5.41, 5.74) is 3.48. The molecule has 34 heavy (non-hydrogen) atoms.